The van der Waals surface area contributed by atoms with Crippen molar-refractivity contribution in [2.45, 2.75) is 31.0 Å². The van der Waals surface area contributed by atoms with Crippen molar-refractivity contribution in [1.82, 2.24) is 4.90 Å². The third kappa shape index (κ3) is 1.37. The molecule has 2 aliphatic rings. The second-order valence-corrected chi connectivity index (χ2v) is 4.45. The van der Waals surface area contributed by atoms with Gasteiger partial charge in [0.15, 0.2) is 0 Å². The summed E-state index contributed by atoms with van der Waals surface area (Å²) in [5.41, 5.74) is 0.0562. The smallest absolute Gasteiger partial charge is 0.115 e. The maximum Gasteiger partial charge on any atom is 0.115 e. The maximum absolute atomic E-state index is 13.1. The van der Waals surface area contributed by atoms with Crippen LogP contribution in [0.2, 0.25) is 0 Å². The molecule has 0 aliphatic carbocycles. The SMILES string of the molecule is F[C@H]1CN2CCC[C@@]2(COI)C1. The van der Waals surface area contributed by atoms with E-state index in [1.807, 2.05) is 23.0 Å². The zero-order valence-electron chi connectivity index (χ0n) is 6.93. The fraction of sp³-hybridized carbons (Fsp3) is 1.00. The number of alkyl halides is 1. The molecule has 0 saturated carbocycles. The van der Waals surface area contributed by atoms with Gasteiger partial charge in [0.05, 0.1) is 6.61 Å². The lowest BCUT2D eigenvalue weighted by Crippen LogP contribution is -2.41. The van der Waals surface area contributed by atoms with E-state index in [-0.39, 0.29) is 5.54 Å². The van der Waals surface area contributed by atoms with Gasteiger partial charge in [0.25, 0.3) is 0 Å². The number of hydrogen-bond acceptors (Lipinski definition) is 2. The van der Waals surface area contributed by atoms with Crippen LogP contribution >= 0.6 is 23.0 Å². The van der Waals surface area contributed by atoms with E-state index in [0.717, 1.165) is 13.0 Å². The summed E-state index contributed by atoms with van der Waals surface area (Å²) in [6.45, 7) is 2.37. The Bertz CT molecular complexity index is 180. The molecular weight excluding hydrogens is 272 g/mol. The fourth-order valence-electron chi connectivity index (χ4n) is 2.55. The van der Waals surface area contributed by atoms with Crippen molar-refractivity contribution in [1.29, 1.82) is 0 Å². The normalized spacial score (nSPS) is 42.0. The van der Waals surface area contributed by atoms with E-state index < -0.39 is 6.17 Å². The average molecular weight is 285 g/mol. The highest BCUT2D eigenvalue weighted by Crippen LogP contribution is 2.40. The molecule has 2 heterocycles. The number of rotatable bonds is 2. The number of nitrogens with zero attached hydrogens (tertiary/aromatic N) is 1. The molecule has 0 N–H and O–H groups in total. The van der Waals surface area contributed by atoms with Crippen molar-refractivity contribution >= 4 is 23.0 Å². The van der Waals surface area contributed by atoms with E-state index in [2.05, 4.69) is 4.90 Å². The molecule has 0 unspecified atom stereocenters. The molecule has 2 atom stereocenters. The van der Waals surface area contributed by atoms with Crippen LogP contribution in [-0.2, 0) is 3.07 Å². The van der Waals surface area contributed by atoms with Gasteiger partial charge in [-0.15, -0.1) is 0 Å². The molecule has 2 aliphatic heterocycles. The van der Waals surface area contributed by atoms with Crippen molar-refractivity contribution in [2.24, 2.45) is 0 Å². The summed E-state index contributed by atoms with van der Waals surface area (Å²) in [7, 11) is 0. The Morgan fingerprint density at radius 2 is 2.50 bits per heavy atom. The van der Waals surface area contributed by atoms with Crippen LogP contribution in [-0.4, -0.2) is 36.3 Å². The number of fused-ring (bicyclic) bond motifs is 1. The van der Waals surface area contributed by atoms with E-state index in [9.17, 15) is 4.39 Å². The first-order valence-electron chi connectivity index (χ1n) is 4.39. The Hall–Kier alpha value is 0.580. The molecule has 0 radical (unpaired) electrons. The second-order valence-electron chi connectivity index (χ2n) is 3.83. The Morgan fingerprint density at radius 3 is 3.25 bits per heavy atom. The lowest BCUT2D eigenvalue weighted by Gasteiger charge is -2.29. The van der Waals surface area contributed by atoms with Crippen molar-refractivity contribution < 1.29 is 7.46 Å². The van der Waals surface area contributed by atoms with Gasteiger partial charge in [-0.1, -0.05) is 0 Å². The Morgan fingerprint density at radius 1 is 1.67 bits per heavy atom. The molecule has 0 bridgehead atoms. The van der Waals surface area contributed by atoms with Gasteiger partial charge in [-0.3, -0.25) is 4.90 Å². The average Bonchev–Trinajstić information content (AvgIpc) is 2.44. The monoisotopic (exact) mass is 285 g/mol. The van der Waals surface area contributed by atoms with Crippen molar-refractivity contribution in [3.05, 3.63) is 0 Å². The van der Waals surface area contributed by atoms with Crippen LogP contribution in [0.4, 0.5) is 4.39 Å². The van der Waals surface area contributed by atoms with Crippen LogP contribution in [0.25, 0.3) is 0 Å². The molecule has 2 nitrogen and oxygen atoms in total. The predicted octanol–water partition coefficient (Wildman–Crippen LogP) is 1.93. The van der Waals surface area contributed by atoms with Crippen LogP contribution < -0.4 is 0 Å². The minimum Gasteiger partial charge on any atom is -0.314 e. The summed E-state index contributed by atoms with van der Waals surface area (Å²) in [6, 6.07) is 0. The van der Waals surface area contributed by atoms with Crippen LogP contribution in [0.1, 0.15) is 19.3 Å². The van der Waals surface area contributed by atoms with Gasteiger partial charge in [-0.2, -0.15) is 0 Å². The minimum atomic E-state index is -0.628. The summed E-state index contributed by atoms with van der Waals surface area (Å²) in [5.74, 6) is 0. The quantitative estimate of drug-likeness (QED) is 0.719. The summed E-state index contributed by atoms with van der Waals surface area (Å²) in [4.78, 5) is 2.26. The van der Waals surface area contributed by atoms with Gasteiger partial charge in [0.2, 0.25) is 0 Å². The van der Waals surface area contributed by atoms with Gasteiger partial charge in [-0.05, 0) is 19.4 Å². The lowest BCUT2D eigenvalue weighted by atomic mass is 9.95. The molecule has 0 spiro atoms. The van der Waals surface area contributed by atoms with Gasteiger partial charge >= 0.3 is 0 Å². The standard InChI is InChI=1S/C8H13FINO/c9-7-4-8(6-12-10)2-1-3-11(8)5-7/h7H,1-6H2/t7-,8+/m1/s1. The molecule has 2 fully saturated rings. The summed E-state index contributed by atoms with van der Waals surface area (Å²) < 4.78 is 18.3. The maximum atomic E-state index is 13.1. The molecule has 0 amide bonds. The molecular formula is C8H13FINO. The van der Waals surface area contributed by atoms with E-state index in [1.54, 1.807) is 0 Å². The highest BCUT2D eigenvalue weighted by molar-refractivity contribution is 14.1. The minimum absolute atomic E-state index is 0.0562. The summed E-state index contributed by atoms with van der Waals surface area (Å²) in [6.07, 6.45) is 2.36. The zero-order chi connectivity index (χ0) is 8.60. The van der Waals surface area contributed by atoms with Gasteiger partial charge < -0.3 is 3.07 Å². The summed E-state index contributed by atoms with van der Waals surface area (Å²) >= 11 is 1.91. The van der Waals surface area contributed by atoms with Crippen molar-refractivity contribution in [2.75, 3.05) is 19.7 Å². The third-order valence-electron chi connectivity index (χ3n) is 3.08. The Labute approximate surface area is 86.1 Å². The molecule has 0 aromatic carbocycles. The topological polar surface area (TPSA) is 12.5 Å². The predicted molar refractivity (Wildman–Crippen MR) is 53.0 cm³/mol. The van der Waals surface area contributed by atoms with E-state index in [0.29, 0.717) is 19.6 Å². The molecule has 4 heteroatoms. The molecule has 0 aromatic heterocycles. The molecule has 12 heavy (non-hydrogen) atoms. The van der Waals surface area contributed by atoms with E-state index >= 15 is 0 Å². The summed E-state index contributed by atoms with van der Waals surface area (Å²) in [5, 5.41) is 0. The Balaban J connectivity index is 2.09. The molecule has 2 rings (SSSR count). The van der Waals surface area contributed by atoms with Crippen LogP contribution in [0.15, 0.2) is 0 Å². The zero-order valence-corrected chi connectivity index (χ0v) is 9.09. The first-order chi connectivity index (χ1) is 5.77. The van der Waals surface area contributed by atoms with Crippen LogP contribution in [0.5, 0.6) is 0 Å². The first kappa shape index (κ1) is 9.15. The van der Waals surface area contributed by atoms with E-state index in [1.165, 1.54) is 6.42 Å². The molecule has 0 aromatic rings. The molecule has 2 saturated heterocycles. The van der Waals surface area contributed by atoms with Crippen molar-refractivity contribution in [3.63, 3.8) is 0 Å². The van der Waals surface area contributed by atoms with Gasteiger partial charge in [-0.25, -0.2) is 4.39 Å². The highest BCUT2D eigenvalue weighted by atomic mass is 127. The van der Waals surface area contributed by atoms with Gasteiger partial charge in [0.1, 0.15) is 29.2 Å². The first-order valence-corrected chi connectivity index (χ1v) is 5.28. The van der Waals surface area contributed by atoms with Crippen molar-refractivity contribution in [3.8, 4) is 0 Å². The number of hydrogen-bond donors (Lipinski definition) is 0. The largest absolute Gasteiger partial charge is 0.314 e. The molecule has 70 valence electrons. The fourth-order valence-corrected chi connectivity index (χ4v) is 3.13. The highest BCUT2D eigenvalue weighted by Gasteiger charge is 2.48. The number of halogens is 2. The van der Waals surface area contributed by atoms with Crippen LogP contribution in [0, 0.1) is 0 Å². The third-order valence-corrected chi connectivity index (χ3v) is 3.40. The Kier molecular flexibility index (Phi) is 2.58. The lowest BCUT2D eigenvalue weighted by molar-refractivity contribution is 0.139. The second kappa shape index (κ2) is 3.38. The van der Waals surface area contributed by atoms with Gasteiger partial charge in [0, 0.05) is 18.5 Å². The van der Waals surface area contributed by atoms with Crippen LogP contribution in [0.3, 0.4) is 0 Å². The van der Waals surface area contributed by atoms with E-state index in [4.69, 9.17) is 3.07 Å².